The van der Waals surface area contributed by atoms with Gasteiger partial charge in [-0.3, -0.25) is 10.1 Å². The normalized spacial score (nSPS) is 23.4. The smallest absolute Gasteiger partial charge is 0.322 e. The predicted molar refractivity (Wildman–Crippen MR) is 64.5 cm³/mol. The molecule has 0 unspecified atom stereocenters. The van der Waals surface area contributed by atoms with Gasteiger partial charge in [-0.1, -0.05) is 30.3 Å². The summed E-state index contributed by atoms with van der Waals surface area (Å²) in [4.78, 5) is 22.6. The lowest BCUT2D eigenvalue weighted by Crippen LogP contribution is -2.43. The molecule has 2 N–H and O–H groups in total. The second kappa shape index (κ2) is 4.57. The van der Waals surface area contributed by atoms with Crippen LogP contribution in [0.15, 0.2) is 30.3 Å². The van der Waals surface area contributed by atoms with Gasteiger partial charge in [-0.2, -0.15) is 0 Å². The van der Waals surface area contributed by atoms with Crippen molar-refractivity contribution in [3.63, 3.8) is 0 Å². The molecule has 0 spiro atoms. The lowest BCUT2D eigenvalue weighted by molar-refractivity contribution is -0.123. The van der Waals surface area contributed by atoms with Gasteiger partial charge in [-0.15, -0.1) is 0 Å². The molecule has 1 fully saturated rings. The van der Waals surface area contributed by atoms with Gasteiger partial charge >= 0.3 is 6.03 Å². The topological polar surface area (TPSA) is 58.2 Å². The van der Waals surface area contributed by atoms with E-state index in [0.29, 0.717) is 6.42 Å². The Balaban J connectivity index is 1.87. The maximum absolute atomic E-state index is 11.6. The first-order valence-corrected chi connectivity index (χ1v) is 5.78. The van der Waals surface area contributed by atoms with Crippen molar-refractivity contribution in [3.8, 4) is 0 Å². The number of amides is 3. The van der Waals surface area contributed by atoms with Crippen molar-refractivity contribution in [1.82, 2.24) is 10.6 Å². The Morgan fingerprint density at radius 3 is 2.47 bits per heavy atom. The van der Waals surface area contributed by atoms with Crippen molar-refractivity contribution >= 4 is 11.9 Å². The van der Waals surface area contributed by atoms with Crippen molar-refractivity contribution in [2.45, 2.75) is 31.7 Å². The molecule has 1 saturated heterocycles. The summed E-state index contributed by atoms with van der Waals surface area (Å²) >= 11 is 0. The van der Waals surface area contributed by atoms with E-state index in [-0.39, 0.29) is 5.91 Å². The number of nitrogens with one attached hydrogen (secondary N) is 2. The summed E-state index contributed by atoms with van der Waals surface area (Å²) in [6, 6.07) is 9.72. The van der Waals surface area contributed by atoms with Gasteiger partial charge in [0.25, 0.3) is 5.91 Å². The van der Waals surface area contributed by atoms with Crippen molar-refractivity contribution in [3.05, 3.63) is 35.9 Å². The molecule has 0 saturated carbocycles. The largest absolute Gasteiger partial charge is 0.324 e. The van der Waals surface area contributed by atoms with Crippen molar-refractivity contribution in [2.75, 3.05) is 0 Å². The molecule has 0 aliphatic carbocycles. The molecule has 0 aromatic heterocycles. The van der Waals surface area contributed by atoms with Crippen LogP contribution < -0.4 is 10.6 Å². The highest BCUT2D eigenvalue weighted by molar-refractivity contribution is 6.06. The average molecular weight is 232 g/mol. The number of hydrogen-bond acceptors (Lipinski definition) is 2. The zero-order valence-electron chi connectivity index (χ0n) is 9.82. The van der Waals surface area contributed by atoms with Crippen LogP contribution in [0.25, 0.3) is 0 Å². The molecule has 1 aromatic carbocycles. The van der Waals surface area contributed by atoms with Crippen LogP contribution in [0.1, 0.15) is 25.3 Å². The summed E-state index contributed by atoms with van der Waals surface area (Å²) in [6.07, 6.45) is 2.44. The minimum Gasteiger partial charge on any atom is -0.324 e. The number of hydrogen-bond donors (Lipinski definition) is 2. The van der Waals surface area contributed by atoms with Crippen LogP contribution in [0.5, 0.6) is 0 Å². The molecule has 3 amide bonds. The quantitative estimate of drug-likeness (QED) is 0.775. The zero-order valence-corrected chi connectivity index (χ0v) is 9.82. The van der Waals surface area contributed by atoms with Crippen molar-refractivity contribution in [2.24, 2.45) is 0 Å². The van der Waals surface area contributed by atoms with E-state index in [4.69, 9.17) is 0 Å². The highest BCUT2D eigenvalue weighted by atomic mass is 16.2. The van der Waals surface area contributed by atoms with E-state index < -0.39 is 11.6 Å². The van der Waals surface area contributed by atoms with Gasteiger partial charge in [0.15, 0.2) is 0 Å². The highest BCUT2D eigenvalue weighted by Crippen LogP contribution is 2.18. The fraction of sp³-hybridized carbons (Fsp3) is 0.385. The third-order valence-electron chi connectivity index (χ3n) is 3.10. The second-order valence-corrected chi connectivity index (χ2v) is 4.58. The van der Waals surface area contributed by atoms with E-state index >= 15 is 0 Å². The van der Waals surface area contributed by atoms with Crippen LogP contribution in [0.4, 0.5) is 4.79 Å². The van der Waals surface area contributed by atoms with E-state index in [1.807, 2.05) is 18.2 Å². The standard InChI is InChI=1S/C13H16N2O2/c1-13(11(16)14-12(17)15-13)9-5-8-10-6-3-2-4-7-10/h2-4,6-7H,5,8-9H2,1H3,(H2,14,15,16,17)/t13-/m1/s1. The molecule has 1 atom stereocenters. The fourth-order valence-electron chi connectivity index (χ4n) is 2.05. The summed E-state index contributed by atoms with van der Waals surface area (Å²) in [5.74, 6) is -0.226. The first kappa shape index (κ1) is 11.6. The molecule has 90 valence electrons. The maximum Gasteiger partial charge on any atom is 0.322 e. The molecular formula is C13H16N2O2. The molecule has 0 radical (unpaired) electrons. The van der Waals surface area contributed by atoms with E-state index in [1.165, 1.54) is 5.56 Å². The number of aryl methyl sites for hydroxylation is 1. The van der Waals surface area contributed by atoms with Gasteiger partial charge in [0.05, 0.1) is 0 Å². The monoisotopic (exact) mass is 232 g/mol. The Bertz CT molecular complexity index is 430. The number of carbonyl (C=O) groups excluding carboxylic acids is 2. The average Bonchev–Trinajstić information content (AvgIpc) is 2.54. The Labute approximate surface area is 100 Å². The molecule has 4 heteroatoms. The van der Waals surface area contributed by atoms with Crippen molar-refractivity contribution in [1.29, 1.82) is 0 Å². The van der Waals surface area contributed by atoms with Crippen LogP contribution in [-0.2, 0) is 11.2 Å². The Morgan fingerprint density at radius 1 is 1.18 bits per heavy atom. The summed E-state index contributed by atoms with van der Waals surface area (Å²) in [7, 11) is 0. The minimum atomic E-state index is -0.744. The third-order valence-corrected chi connectivity index (χ3v) is 3.10. The Kier molecular flexibility index (Phi) is 3.13. The number of benzene rings is 1. The number of rotatable bonds is 4. The molecule has 1 heterocycles. The van der Waals surface area contributed by atoms with Gasteiger partial charge in [0, 0.05) is 0 Å². The summed E-state index contributed by atoms with van der Waals surface area (Å²) in [5, 5.41) is 4.93. The molecule has 0 bridgehead atoms. The molecule has 1 aliphatic heterocycles. The highest BCUT2D eigenvalue weighted by Gasteiger charge is 2.40. The van der Waals surface area contributed by atoms with Crippen LogP contribution in [0, 0.1) is 0 Å². The van der Waals surface area contributed by atoms with E-state index in [2.05, 4.69) is 22.8 Å². The number of imide groups is 1. The summed E-state index contributed by atoms with van der Waals surface area (Å²) in [5.41, 5.74) is 0.507. The van der Waals surface area contributed by atoms with E-state index in [1.54, 1.807) is 6.92 Å². The van der Waals surface area contributed by atoms with E-state index in [9.17, 15) is 9.59 Å². The Morgan fingerprint density at radius 2 is 1.88 bits per heavy atom. The van der Waals surface area contributed by atoms with Gasteiger partial charge < -0.3 is 5.32 Å². The fourth-order valence-corrected chi connectivity index (χ4v) is 2.05. The number of urea groups is 1. The zero-order chi connectivity index (χ0) is 12.3. The molecule has 2 rings (SSSR count). The lowest BCUT2D eigenvalue weighted by atomic mass is 9.94. The first-order chi connectivity index (χ1) is 8.10. The van der Waals surface area contributed by atoms with Gasteiger partial charge in [0.1, 0.15) is 5.54 Å². The minimum absolute atomic E-state index is 0.226. The molecule has 4 nitrogen and oxygen atoms in total. The molecule has 1 aromatic rings. The maximum atomic E-state index is 11.6. The predicted octanol–water partition coefficient (Wildman–Crippen LogP) is 1.61. The van der Waals surface area contributed by atoms with Gasteiger partial charge in [0.2, 0.25) is 0 Å². The number of carbonyl (C=O) groups is 2. The van der Waals surface area contributed by atoms with Crippen molar-refractivity contribution < 1.29 is 9.59 Å². The summed E-state index contributed by atoms with van der Waals surface area (Å²) < 4.78 is 0. The molecular weight excluding hydrogens is 216 g/mol. The first-order valence-electron chi connectivity index (χ1n) is 5.78. The van der Waals surface area contributed by atoms with Crippen LogP contribution in [0.3, 0.4) is 0 Å². The van der Waals surface area contributed by atoms with Crippen LogP contribution in [-0.4, -0.2) is 17.5 Å². The SMILES string of the molecule is C[C@]1(CCCc2ccccc2)NC(=O)NC1=O. The second-order valence-electron chi connectivity index (χ2n) is 4.58. The third kappa shape index (κ3) is 2.64. The molecule has 17 heavy (non-hydrogen) atoms. The van der Waals surface area contributed by atoms with Gasteiger partial charge in [-0.25, -0.2) is 4.79 Å². The van der Waals surface area contributed by atoms with Crippen LogP contribution in [0.2, 0.25) is 0 Å². The summed E-state index contributed by atoms with van der Waals surface area (Å²) in [6.45, 7) is 1.76. The molecule has 1 aliphatic rings. The Hall–Kier alpha value is -1.84. The van der Waals surface area contributed by atoms with Crippen LogP contribution >= 0.6 is 0 Å². The lowest BCUT2D eigenvalue weighted by Gasteiger charge is -2.20. The van der Waals surface area contributed by atoms with Gasteiger partial charge in [-0.05, 0) is 31.7 Å². The van der Waals surface area contributed by atoms with E-state index in [0.717, 1.165) is 12.8 Å².